The van der Waals surface area contributed by atoms with Crippen LogP contribution in [-0.4, -0.2) is 33.2 Å². The average Bonchev–Trinajstić information content (AvgIpc) is 4.17. The number of fused-ring (bicyclic) bond motifs is 14. The lowest BCUT2D eigenvalue weighted by Gasteiger charge is -2.15. The minimum atomic E-state index is 0.566. The molecule has 15 rings (SSSR count). The first-order chi connectivity index (χ1) is 34.8. The van der Waals surface area contributed by atoms with E-state index < -0.39 is 0 Å². The number of rotatable bonds is 6. The molecule has 0 aliphatic heterocycles. The van der Waals surface area contributed by atoms with Crippen molar-refractivity contribution in [1.29, 1.82) is 0 Å². The number of hydrogen-bond acceptors (Lipinski definition) is 3. The highest BCUT2D eigenvalue weighted by Gasteiger charge is 2.25. The van der Waals surface area contributed by atoms with Crippen molar-refractivity contribution in [3.63, 3.8) is 0 Å². The van der Waals surface area contributed by atoms with Crippen molar-refractivity contribution in [2.24, 2.45) is 0 Å². The van der Waals surface area contributed by atoms with Gasteiger partial charge in [-0.3, -0.25) is 4.57 Å². The number of hydrogen-bond donors (Lipinski definition) is 0. The summed E-state index contributed by atoms with van der Waals surface area (Å²) in [6.45, 7) is 0. The van der Waals surface area contributed by atoms with Crippen molar-refractivity contribution >= 4 is 87.2 Å². The Morgan fingerprint density at radius 2 is 0.643 bits per heavy atom. The lowest BCUT2D eigenvalue weighted by Crippen LogP contribution is -2.06. The highest BCUT2D eigenvalue weighted by Crippen LogP contribution is 2.44. The Kier molecular flexibility index (Phi) is 8.23. The van der Waals surface area contributed by atoms with Crippen molar-refractivity contribution in [2.75, 3.05) is 0 Å². The molecule has 0 saturated heterocycles. The van der Waals surface area contributed by atoms with Gasteiger partial charge in [-0.05, 0) is 60.7 Å². The quantitative estimate of drug-likeness (QED) is 0.167. The van der Waals surface area contributed by atoms with E-state index in [0.29, 0.717) is 17.6 Å². The van der Waals surface area contributed by atoms with E-state index in [1.165, 1.54) is 38.1 Å². The van der Waals surface area contributed by atoms with Crippen molar-refractivity contribution in [3.05, 3.63) is 237 Å². The van der Waals surface area contributed by atoms with Crippen LogP contribution in [0, 0.1) is 0 Å². The van der Waals surface area contributed by atoms with Crippen LogP contribution in [0.25, 0.3) is 133 Å². The van der Waals surface area contributed by atoms with Crippen molar-refractivity contribution in [3.8, 4) is 45.8 Å². The molecule has 0 aliphatic rings. The van der Waals surface area contributed by atoms with Crippen LogP contribution in [0.1, 0.15) is 0 Å². The van der Waals surface area contributed by atoms with Gasteiger partial charge in [0, 0.05) is 71.3 Å². The molecule has 0 fully saturated rings. The van der Waals surface area contributed by atoms with Crippen LogP contribution in [0.2, 0.25) is 0 Å². The molecule has 15 aromatic rings. The Balaban J connectivity index is 1.02. The Morgan fingerprint density at radius 1 is 0.243 bits per heavy atom. The van der Waals surface area contributed by atoms with Crippen LogP contribution in [0.3, 0.4) is 0 Å². The molecular formula is C63H39N7. The predicted octanol–water partition coefficient (Wildman–Crippen LogP) is 15.6. The summed E-state index contributed by atoms with van der Waals surface area (Å²) in [5, 5.41) is 9.41. The second-order valence-electron chi connectivity index (χ2n) is 18.0. The van der Waals surface area contributed by atoms with Crippen LogP contribution in [-0.2, 0) is 0 Å². The molecule has 0 N–H and O–H groups in total. The van der Waals surface area contributed by atoms with Gasteiger partial charge in [-0.15, -0.1) is 0 Å². The van der Waals surface area contributed by atoms with E-state index >= 15 is 0 Å². The van der Waals surface area contributed by atoms with Gasteiger partial charge in [0.25, 0.3) is 0 Å². The molecule has 7 nitrogen and oxygen atoms in total. The number of para-hydroxylation sites is 5. The van der Waals surface area contributed by atoms with E-state index in [4.69, 9.17) is 15.0 Å². The van der Waals surface area contributed by atoms with Crippen molar-refractivity contribution in [2.45, 2.75) is 0 Å². The maximum atomic E-state index is 5.30. The third-order valence-electron chi connectivity index (χ3n) is 14.2. The van der Waals surface area contributed by atoms with E-state index in [-0.39, 0.29) is 0 Å². The number of benzene rings is 10. The van der Waals surface area contributed by atoms with Crippen molar-refractivity contribution < 1.29 is 0 Å². The molecule has 5 aromatic heterocycles. The fraction of sp³-hybridized carbons (Fsp3) is 0. The monoisotopic (exact) mass is 893 g/mol. The van der Waals surface area contributed by atoms with E-state index in [9.17, 15) is 0 Å². The smallest absolute Gasteiger partial charge is 0.238 e. The maximum Gasteiger partial charge on any atom is 0.238 e. The highest BCUT2D eigenvalue weighted by atomic mass is 15.2. The van der Waals surface area contributed by atoms with Gasteiger partial charge in [-0.2, -0.15) is 9.97 Å². The Morgan fingerprint density at radius 3 is 1.20 bits per heavy atom. The normalized spacial score (nSPS) is 12.0. The predicted molar refractivity (Wildman–Crippen MR) is 288 cm³/mol. The fourth-order valence-corrected chi connectivity index (χ4v) is 11.3. The summed E-state index contributed by atoms with van der Waals surface area (Å²) in [6.07, 6.45) is 0. The molecule has 326 valence electrons. The zero-order valence-corrected chi connectivity index (χ0v) is 37.6. The molecule has 10 aromatic carbocycles. The van der Waals surface area contributed by atoms with Crippen molar-refractivity contribution in [1.82, 2.24) is 33.2 Å². The second-order valence-corrected chi connectivity index (χ2v) is 18.0. The molecule has 0 unspecified atom stereocenters. The lowest BCUT2D eigenvalue weighted by atomic mass is 10.1. The number of nitrogens with zero attached hydrogens (tertiary/aromatic N) is 7. The summed E-state index contributed by atoms with van der Waals surface area (Å²) < 4.78 is 9.62. The zero-order chi connectivity index (χ0) is 45.9. The number of aromatic nitrogens is 7. The summed E-state index contributed by atoms with van der Waals surface area (Å²) in [5.41, 5.74) is 14.1. The topological polar surface area (TPSA) is 58.4 Å². The zero-order valence-electron chi connectivity index (χ0n) is 37.6. The molecule has 0 radical (unpaired) electrons. The van der Waals surface area contributed by atoms with E-state index in [0.717, 1.165) is 77.3 Å². The van der Waals surface area contributed by atoms with Crippen LogP contribution in [0.4, 0.5) is 0 Å². The summed E-state index contributed by atoms with van der Waals surface area (Å²) in [5.74, 6) is 1.80. The Bertz CT molecular complexity index is 4520. The minimum absolute atomic E-state index is 0.566. The first kappa shape index (κ1) is 38.5. The molecule has 70 heavy (non-hydrogen) atoms. The Labute approximate surface area is 401 Å². The van der Waals surface area contributed by atoms with Gasteiger partial charge in [-0.25, -0.2) is 4.98 Å². The summed E-state index contributed by atoms with van der Waals surface area (Å²) in [4.78, 5) is 15.7. The third-order valence-corrected chi connectivity index (χ3v) is 14.2. The summed E-state index contributed by atoms with van der Waals surface area (Å²) in [7, 11) is 0. The van der Waals surface area contributed by atoms with E-state index in [1.54, 1.807) is 0 Å². The van der Waals surface area contributed by atoms with Gasteiger partial charge in [0.15, 0.2) is 11.6 Å². The van der Waals surface area contributed by atoms with Gasteiger partial charge >= 0.3 is 0 Å². The highest BCUT2D eigenvalue weighted by molar-refractivity contribution is 6.27. The molecule has 0 amide bonds. The van der Waals surface area contributed by atoms with Gasteiger partial charge in [0.05, 0.1) is 44.1 Å². The summed E-state index contributed by atoms with van der Waals surface area (Å²) >= 11 is 0. The van der Waals surface area contributed by atoms with E-state index in [2.05, 4.69) is 218 Å². The molecule has 5 heterocycles. The van der Waals surface area contributed by atoms with Gasteiger partial charge in [0.2, 0.25) is 5.95 Å². The van der Waals surface area contributed by atoms with Gasteiger partial charge in [0.1, 0.15) is 0 Å². The van der Waals surface area contributed by atoms with Crippen LogP contribution in [0.15, 0.2) is 237 Å². The molecule has 0 aliphatic carbocycles. The average molecular weight is 894 g/mol. The standard InChI is InChI=1S/C63H39N7/c1-4-19-40(20-5-1)61-64-62(41-21-6-2-7-22-41)66-63(65-61)70-54-33-16-12-27-45(54)48-37-38-56-57(58(48)70)51-30-13-17-34-55(51)67(56)43-25-18-26-44(39-43)69-53-32-15-11-29-47(53)50-36-35-49-46-28-10-14-31-52(46)68(59(49)60(50)69)42-23-8-3-9-24-42/h1-39H. The Hall–Kier alpha value is -9.59. The molecule has 0 bridgehead atoms. The summed E-state index contributed by atoms with van der Waals surface area (Å²) in [6, 6.07) is 84.4. The maximum absolute atomic E-state index is 5.30. The largest absolute Gasteiger partial charge is 0.309 e. The SMILES string of the molecule is c1ccc(-c2nc(-c3ccccc3)nc(-n3c4ccccc4c4ccc5c(c6ccccc6n5-c5cccc(-n6c7ccccc7c7ccc8c9ccccc9n(-c9ccccc9)c8c76)c5)c43)n2)cc1. The lowest BCUT2D eigenvalue weighted by molar-refractivity contribution is 0.955. The molecule has 7 heteroatoms. The van der Waals surface area contributed by atoms with Gasteiger partial charge in [-0.1, -0.05) is 176 Å². The first-order valence-corrected chi connectivity index (χ1v) is 23.7. The first-order valence-electron chi connectivity index (χ1n) is 23.7. The van der Waals surface area contributed by atoms with Gasteiger partial charge < -0.3 is 13.7 Å². The second kappa shape index (κ2) is 15.0. The molecule has 0 spiro atoms. The molecule has 0 atom stereocenters. The molecule has 0 saturated carbocycles. The van der Waals surface area contributed by atoms with Crippen LogP contribution >= 0.6 is 0 Å². The third kappa shape index (κ3) is 5.54. The van der Waals surface area contributed by atoms with E-state index in [1.807, 2.05) is 36.4 Å². The van der Waals surface area contributed by atoms with Crippen LogP contribution in [0.5, 0.6) is 0 Å². The molecular weight excluding hydrogens is 855 g/mol. The van der Waals surface area contributed by atoms with Crippen LogP contribution < -0.4 is 0 Å². The minimum Gasteiger partial charge on any atom is -0.309 e. The fourth-order valence-electron chi connectivity index (χ4n) is 11.3.